The average Bonchev–Trinajstić information content (AvgIpc) is 3.40. The van der Waals surface area contributed by atoms with Crippen LogP contribution in [0.3, 0.4) is 0 Å². The number of fused-ring (bicyclic) bond motifs is 3. The van der Waals surface area contributed by atoms with E-state index in [9.17, 15) is 15.0 Å². The summed E-state index contributed by atoms with van der Waals surface area (Å²) in [6.45, 7) is 4.07. The van der Waals surface area contributed by atoms with Crippen LogP contribution in [0.15, 0.2) is 60.7 Å². The fourth-order valence-electron chi connectivity index (χ4n) is 5.21. The van der Waals surface area contributed by atoms with E-state index in [1.165, 1.54) is 0 Å². The van der Waals surface area contributed by atoms with Gasteiger partial charge in [0.1, 0.15) is 18.5 Å². The molecular formula is C31H36O5. The fourth-order valence-corrected chi connectivity index (χ4v) is 5.21. The van der Waals surface area contributed by atoms with Gasteiger partial charge in [0, 0.05) is 36.7 Å². The molecule has 2 aliphatic rings. The van der Waals surface area contributed by atoms with Crippen LogP contribution in [0.2, 0.25) is 0 Å². The van der Waals surface area contributed by atoms with Crippen molar-refractivity contribution in [3.63, 3.8) is 0 Å². The predicted molar refractivity (Wildman–Crippen MR) is 139 cm³/mol. The van der Waals surface area contributed by atoms with Crippen molar-refractivity contribution in [1.29, 1.82) is 0 Å². The Labute approximate surface area is 214 Å². The zero-order valence-electron chi connectivity index (χ0n) is 21.1. The van der Waals surface area contributed by atoms with E-state index in [0.717, 1.165) is 28.9 Å². The maximum atomic E-state index is 12.2. The molecule has 0 unspecified atom stereocenters. The minimum atomic E-state index is -0.605. The summed E-state index contributed by atoms with van der Waals surface area (Å²) in [5, 5.41) is 21.2. The fraction of sp³-hybridized carbons (Fsp3) is 0.452. The molecule has 1 aliphatic heterocycles. The van der Waals surface area contributed by atoms with E-state index in [-0.39, 0.29) is 29.8 Å². The summed E-state index contributed by atoms with van der Waals surface area (Å²) in [5.74, 6) is 6.55. The highest BCUT2D eigenvalue weighted by molar-refractivity contribution is 5.69. The molecule has 1 aliphatic carbocycles. The van der Waals surface area contributed by atoms with Crippen LogP contribution in [0.1, 0.15) is 62.1 Å². The van der Waals surface area contributed by atoms with Crippen LogP contribution in [-0.2, 0) is 22.6 Å². The van der Waals surface area contributed by atoms with Crippen molar-refractivity contribution in [3.8, 4) is 17.6 Å². The van der Waals surface area contributed by atoms with Gasteiger partial charge in [0.25, 0.3) is 0 Å². The van der Waals surface area contributed by atoms with Gasteiger partial charge < -0.3 is 19.7 Å². The molecule has 0 radical (unpaired) electrons. The summed E-state index contributed by atoms with van der Waals surface area (Å²) in [5.41, 5.74) is 3.17. The zero-order valence-corrected chi connectivity index (χ0v) is 21.1. The third-order valence-corrected chi connectivity index (χ3v) is 7.27. The highest BCUT2D eigenvalue weighted by atomic mass is 16.5. The van der Waals surface area contributed by atoms with E-state index >= 15 is 0 Å². The number of para-hydroxylation sites is 1. The number of aliphatic hydroxyl groups excluding tert-OH is 2. The van der Waals surface area contributed by atoms with Gasteiger partial charge in [-0.3, -0.25) is 4.79 Å². The van der Waals surface area contributed by atoms with E-state index in [0.29, 0.717) is 32.3 Å². The quantitative estimate of drug-likeness (QED) is 0.281. The third-order valence-electron chi connectivity index (χ3n) is 7.27. The standard InChI is InChI=1S/C31H36O5/c1-3-4-10-21(2)26(32)18-17-24-27(33)19-28-30(24)25-15-8-13-23(31(25)36-28)14-9-16-29(34)35-20-22-11-6-5-7-12-22/h5-8,11-13,15,17-18,21,24,26-28,30,32-33H,9-10,14,16,19-20H2,1-2H3/t21-,24-,26+,27+,28-,30-/m0/s1. The number of esters is 1. The van der Waals surface area contributed by atoms with Gasteiger partial charge in [-0.15, -0.1) is 11.8 Å². The largest absolute Gasteiger partial charge is 0.489 e. The van der Waals surface area contributed by atoms with Crippen molar-refractivity contribution < 1.29 is 24.5 Å². The summed E-state index contributed by atoms with van der Waals surface area (Å²) in [7, 11) is 0. The van der Waals surface area contributed by atoms with Crippen LogP contribution in [-0.4, -0.2) is 34.5 Å². The van der Waals surface area contributed by atoms with Crippen LogP contribution in [0, 0.1) is 23.7 Å². The summed E-state index contributed by atoms with van der Waals surface area (Å²) in [6, 6.07) is 15.8. The van der Waals surface area contributed by atoms with Crippen LogP contribution >= 0.6 is 0 Å². The van der Waals surface area contributed by atoms with Crippen molar-refractivity contribution in [2.24, 2.45) is 11.8 Å². The van der Waals surface area contributed by atoms with Crippen LogP contribution in [0.4, 0.5) is 0 Å². The molecule has 2 N–H and O–H groups in total. The number of aliphatic hydroxyl groups is 2. The number of hydrogen-bond acceptors (Lipinski definition) is 5. The van der Waals surface area contributed by atoms with Gasteiger partial charge in [0.05, 0.1) is 12.2 Å². The van der Waals surface area contributed by atoms with Gasteiger partial charge in [-0.1, -0.05) is 67.6 Å². The lowest BCUT2D eigenvalue weighted by Gasteiger charge is -2.19. The molecule has 5 heteroatoms. The van der Waals surface area contributed by atoms with Crippen molar-refractivity contribution in [2.75, 3.05) is 0 Å². The lowest BCUT2D eigenvalue weighted by Crippen LogP contribution is -2.19. The number of ether oxygens (including phenoxy) is 2. The molecule has 0 aromatic heterocycles. The Hall–Kier alpha value is -3.07. The van der Waals surface area contributed by atoms with Crippen molar-refractivity contribution in [1.82, 2.24) is 0 Å². The topological polar surface area (TPSA) is 76.0 Å². The number of aryl methyl sites for hydroxylation is 1. The predicted octanol–water partition coefficient (Wildman–Crippen LogP) is 4.94. The van der Waals surface area contributed by atoms with Gasteiger partial charge in [0.15, 0.2) is 0 Å². The Morgan fingerprint density at radius 1 is 1.22 bits per heavy atom. The number of hydrogen-bond donors (Lipinski definition) is 2. The van der Waals surface area contributed by atoms with Gasteiger partial charge in [-0.25, -0.2) is 0 Å². The monoisotopic (exact) mass is 488 g/mol. The molecule has 6 atom stereocenters. The minimum absolute atomic E-state index is 0.0288. The normalized spacial score (nSPS) is 23.8. The molecule has 0 amide bonds. The first-order valence-electron chi connectivity index (χ1n) is 12.9. The van der Waals surface area contributed by atoms with Crippen LogP contribution in [0.25, 0.3) is 0 Å². The molecule has 2 aromatic rings. The van der Waals surface area contributed by atoms with E-state index in [1.54, 1.807) is 13.0 Å². The number of carbonyl (C=O) groups excluding carboxylic acids is 1. The van der Waals surface area contributed by atoms with Gasteiger partial charge in [-0.05, 0) is 36.8 Å². The second-order valence-corrected chi connectivity index (χ2v) is 9.88. The summed E-state index contributed by atoms with van der Waals surface area (Å²) < 4.78 is 11.7. The Bertz CT molecular complexity index is 1110. The number of rotatable bonds is 10. The third kappa shape index (κ3) is 6.19. The lowest BCUT2D eigenvalue weighted by molar-refractivity contribution is -0.145. The molecule has 4 rings (SSSR count). The molecule has 5 nitrogen and oxygen atoms in total. The Kier molecular flexibility index (Phi) is 8.85. The van der Waals surface area contributed by atoms with Gasteiger partial charge >= 0.3 is 5.97 Å². The summed E-state index contributed by atoms with van der Waals surface area (Å²) >= 11 is 0. The van der Waals surface area contributed by atoms with E-state index in [2.05, 4.69) is 24.0 Å². The van der Waals surface area contributed by atoms with Crippen molar-refractivity contribution in [2.45, 2.75) is 76.8 Å². The molecule has 1 heterocycles. The first-order chi connectivity index (χ1) is 17.5. The van der Waals surface area contributed by atoms with E-state index < -0.39 is 12.2 Å². The minimum Gasteiger partial charge on any atom is -0.489 e. The Morgan fingerprint density at radius 2 is 2.03 bits per heavy atom. The van der Waals surface area contributed by atoms with Crippen LogP contribution < -0.4 is 4.74 Å². The first kappa shape index (κ1) is 26.0. The lowest BCUT2D eigenvalue weighted by atomic mass is 9.86. The van der Waals surface area contributed by atoms with Crippen molar-refractivity contribution in [3.05, 3.63) is 77.4 Å². The molecule has 36 heavy (non-hydrogen) atoms. The molecule has 0 bridgehead atoms. The molecule has 0 saturated heterocycles. The first-order valence-corrected chi connectivity index (χ1v) is 12.9. The van der Waals surface area contributed by atoms with Crippen LogP contribution in [0.5, 0.6) is 5.75 Å². The smallest absolute Gasteiger partial charge is 0.306 e. The molecule has 0 spiro atoms. The Balaban J connectivity index is 1.35. The summed E-state index contributed by atoms with van der Waals surface area (Å²) in [6.07, 6.45) is 5.53. The number of benzene rings is 2. The second-order valence-electron chi connectivity index (χ2n) is 9.88. The average molecular weight is 489 g/mol. The maximum absolute atomic E-state index is 12.2. The molecule has 2 aromatic carbocycles. The zero-order chi connectivity index (χ0) is 25.5. The van der Waals surface area contributed by atoms with E-state index in [4.69, 9.17) is 9.47 Å². The van der Waals surface area contributed by atoms with E-state index in [1.807, 2.05) is 49.4 Å². The maximum Gasteiger partial charge on any atom is 0.306 e. The highest BCUT2D eigenvalue weighted by Gasteiger charge is 2.48. The highest BCUT2D eigenvalue weighted by Crippen LogP contribution is 2.52. The Morgan fingerprint density at radius 3 is 2.81 bits per heavy atom. The molecular weight excluding hydrogens is 452 g/mol. The number of carbonyl (C=O) groups is 1. The van der Waals surface area contributed by atoms with Crippen molar-refractivity contribution >= 4 is 5.97 Å². The molecule has 1 saturated carbocycles. The van der Waals surface area contributed by atoms with Gasteiger partial charge in [0.2, 0.25) is 0 Å². The molecule has 190 valence electrons. The molecule has 1 fully saturated rings. The SMILES string of the molecule is CC#CC[C@H](C)[C@H](O)C=C[C@@H]1[C@H]2c3cccc(CCCC(=O)OCc4ccccc4)c3O[C@H]2C[C@H]1O. The van der Waals surface area contributed by atoms with Gasteiger partial charge in [-0.2, -0.15) is 0 Å². The summed E-state index contributed by atoms with van der Waals surface area (Å²) in [4.78, 5) is 12.2. The second kappa shape index (κ2) is 12.3.